The molecule has 0 N–H and O–H groups in total. The molecular formula is C14H25NO. The summed E-state index contributed by atoms with van der Waals surface area (Å²) in [4.78, 5) is 4.52. The summed E-state index contributed by atoms with van der Waals surface area (Å²) >= 11 is 0. The molecule has 92 valence electrons. The van der Waals surface area contributed by atoms with Crippen LogP contribution >= 0.6 is 0 Å². The molecule has 2 heteroatoms. The highest BCUT2D eigenvalue weighted by Crippen LogP contribution is 2.16. The zero-order valence-corrected chi connectivity index (χ0v) is 10.8. The van der Waals surface area contributed by atoms with Gasteiger partial charge in [-0.2, -0.15) is 0 Å². The van der Waals surface area contributed by atoms with E-state index >= 15 is 0 Å². The highest BCUT2D eigenvalue weighted by molar-refractivity contribution is 5.93. The van der Waals surface area contributed by atoms with Gasteiger partial charge in [0, 0.05) is 5.57 Å². The monoisotopic (exact) mass is 223 g/mol. The predicted octanol–water partition coefficient (Wildman–Crippen LogP) is 4.11. The predicted molar refractivity (Wildman–Crippen MR) is 70.0 cm³/mol. The van der Waals surface area contributed by atoms with Crippen molar-refractivity contribution in [3.05, 3.63) is 12.2 Å². The van der Waals surface area contributed by atoms with Crippen LogP contribution < -0.4 is 0 Å². The molecule has 1 unspecified atom stereocenters. The smallest absolute Gasteiger partial charge is 0.211 e. The molecule has 0 saturated heterocycles. The van der Waals surface area contributed by atoms with Gasteiger partial charge in [-0.1, -0.05) is 52.0 Å². The molecule has 0 spiro atoms. The van der Waals surface area contributed by atoms with Crippen LogP contribution in [0, 0.1) is 0 Å². The average Bonchev–Trinajstić information content (AvgIpc) is 2.72. The van der Waals surface area contributed by atoms with Crippen LogP contribution in [0.2, 0.25) is 0 Å². The summed E-state index contributed by atoms with van der Waals surface area (Å²) in [6.45, 7) is 8.81. The second-order valence-corrected chi connectivity index (χ2v) is 4.74. The molecule has 0 radical (unpaired) electrons. The van der Waals surface area contributed by atoms with E-state index in [1.54, 1.807) is 0 Å². The van der Waals surface area contributed by atoms with Gasteiger partial charge in [-0.15, -0.1) is 0 Å². The Morgan fingerprint density at radius 2 is 2.00 bits per heavy atom. The third-order valence-corrected chi connectivity index (χ3v) is 2.97. The molecule has 1 rings (SSSR count). The molecule has 1 heterocycles. The molecular weight excluding hydrogens is 198 g/mol. The van der Waals surface area contributed by atoms with Gasteiger partial charge in [0.1, 0.15) is 6.61 Å². The zero-order chi connectivity index (χ0) is 11.8. The lowest BCUT2D eigenvalue weighted by molar-refractivity contribution is 0.308. The topological polar surface area (TPSA) is 21.6 Å². The first kappa shape index (κ1) is 13.3. The van der Waals surface area contributed by atoms with Gasteiger partial charge in [0.05, 0.1) is 6.04 Å². The minimum atomic E-state index is 0.387. The molecule has 16 heavy (non-hydrogen) atoms. The molecule has 0 aromatic heterocycles. The first-order valence-corrected chi connectivity index (χ1v) is 6.60. The Kier molecular flexibility index (Phi) is 6.20. The number of rotatable bonds is 8. The highest BCUT2D eigenvalue weighted by Gasteiger charge is 2.18. The largest absolute Gasteiger partial charge is 0.475 e. The Hall–Kier alpha value is -0.790. The van der Waals surface area contributed by atoms with E-state index in [1.165, 1.54) is 44.9 Å². The number of hydrogen-bond donors (Lipinski definition) is 0. The molecule has 1 aliphatic heterocycles. The summed E-state index contributed by atoms with van der Waals surface area (Å²) in [5.41, 5.74) is 0.949. The molecule has 0 aliphatic carbocycles. The molecule has 0 amide bonds. The summed E-state index contributed by atoms with van der Waals surface area (Å²) in [6.07, 6.45) is 9.26. The van der Waals surface area contributed by atoms with E-state index in [1.807, 2.05) is 6.92 Å². The van der Waals surface area contributed by atoms with E-state index in [2.05, 4.69) is 18.5 Å². The van der Waals surface area contributed by atoms with E-state index in [0.717, 1.165) is 18.1 Å². The van der Waals surface area contributed by atoms with Gasteiger partial charge in [-0.25, -0.2) is 4.99 Å². The molecule has 2 nitrogen and oxygen atoms in total. The Morgan fingerprint density at radius 3 is 2.62 bits per heavy atom. The Labute approximate surface area is 99.8 Å². The fourth-order valence-electron chi connectivity index (χ4n) is 1.96. The van der Waals surface area contributed by atoms with Crippen molar-refractivity contribution in [2.45, 2.75) is 64.8 Å². The van der Waals surface area contributed by atoms with E-state index in [9.17, 15) is 0 Å². The number of hydrogen-bond acceptors (Lipinski definition) is 2. The maximum absolute atomic E-state index is 5.47. The Balaban J connectivity index is 2.04. The van der Waals surface area contributed by atoms with Crippen molar-refractivity contribution in [3.63, 3.8) is 0 Å². The standard InChI is InChI=1S/C14H25NO/c1-4-5-6-7-8-9-10-13-11-16-14(15-13)12(2)3/h13H,2,4-11H2,1,3H3. The molecule has 0 fully saturated rings. The SMILES string of the molecule is C=C(C)C1=NC(CCCCCCCC)CO1. The van der Waals surface area contributed by atoms with Crippen LogP contribution in [0.5, 0.6) is 0 Å². The van der Waals surface area contributed by atoms with E-state index < -0.39 is 0 Å². The van der Waals surface area contributed by atoms with Crippen LogP contribution in [0.15, 0.2) is 17.1 Å². The normalized spacial score (nSPS) is 19.4. The summed E-state index contributed by atoms with van der Waals surface area (Å²) in [5, 5.41) is 0. The third-order valence-electron chi connectivity index (χ3n) is 2.97. The van der Waals surface area contributed by atoms with Crippen molar-refractivity contribution in [2.75, 3.05) is 6.61 Å². The van der Waals surface area contributed by atoms with Gasteiger partial charge in [-0.3, -0.25) is 0 Å². The van der Waals surface area contributed by atoms with Crippen molar-refractivity contribution in [2.24, 2.45) is 4.99 Å². The fourth-order valence-corrected chi connectivity index (χ4v) is 1.96. The average molecular weight is 223 g/mol. The van der Waals surface area contributed by atoms with Crippen molar-refractivity contribution < 1.29 is 4.74 Å². The van der Waals surface area contributed by atoms with E-state index in [-0.39, 0.29) is 0 Å². The lowest BCUT2D eigenvalue weighted by Crippen LogP contribution is -2.05. The maximum Gasteiger partial charge on any atom is 0.211 e. The van der Waals surface area contributed by atoms with Crippen LogP contribution in [0.4, 0.5) is 0 Å². The van der Waals surface area contributed by atoms with E-state index in [4.69, 9.17) is 4.74 Å². The van der Waals surface area contributed by atoms with Gasteiger partial charge in [0.15, 0.2) is 0 Å². The Bertz CT molecular complexity index is 245. The van der Waals surface area contributed by atoms with Gasteiger partial charge in [-0.05, 0) is 13.3 Å². The molecule has 0 bridgehead atoms. The number of unbranched alkanes of at least 4 members (excludes halogenated alkanes) is 5. The van der Waals surface area contributed by atoms with Gasteiger partial charge in [0.2, 0.25) is 5.90 Å². The Morgan fingerprint density at radius 1 is 1.31 bits per heavy atom. The van der Waals surface area contributed by atoms with Gasteiger partial charge >= 0.3 is 0 Å². The van der Waals surface area contributed by atoms with Crippen LogP contribution in [-0.2, 0) is 4.74 Å². The molecule has 0 saturated carbocycles. The van der Waals surface area contributed by atoms with Crippen molar-refractivity contribution in [3.8, 4) is 0 Å². The lowest BCUT2D eigenvalue weighted by atomic mass is 10.1. The van der Waals surface area contributed by atoms with Gasteiger partial charge < -0.3 is 4.74 Å². The van der Waals surface area contributed by atoms with Crippen molar-refractivity contribution in [1.82, 2.24) is 0 Å². The quantitative estimate of drug-likeness (QED) is 0.567. The van der Waals surface area contributed by atoms with E-state index in [0.29, 0.717) is 6.04 Å². The molecule has 0 aromatic carbocycles. The molecule has 1 aliphatic rings. The summed E-state index contributed by atoms with van der Waals surface area (Å²) < 4.78 is 5.47. The van der Waals surface area contributed by atoms with Gasteiger partial charge in [0.25, 0.3) is 0 Å². The number of aliphatic imine (C=N–C) groups is 1. The zero-order valence-electron chi connectivity index (χ0n) is 10.8. The molecule has 1 atom stereocenters. The first-order valence-electron chi connectivity index (χ1n) is 6.60. The van der Waals surface area contributed by atoms with Crippen LogP contribution in [-0.4, -0.2) is 18.5 Å². The van der Waals surface area contributed by atoms with Crippen molar-refractivity contribution in [1.29, 1.82) is 0 Å². The summed E-state index contributed by atoms with van der Waals surface area (Å²) in [6, 6.07) is 0.387. The second-order valence-electron chi connectivity index (χ2n) is 4.74. The van der Waals surface area contributed by atoms with Crippen LogP contribution in [0.3, 0.4) is 0 Å². The molecule has 0 aromatic rings. The minimum Gasteiger partial charge on any atom is -0.475 e. The van der Waals surface area contributed by atoms with Crippen LogP contribution in [0.1, 0.15) is 58.8 Å². The maximum atomic E-state index is 5.47. The lowest BCUT2D eigenvalue weighted by Gasteiger charge is -2.04. The minimum absolute atomic E-state index is 0.387. The number of ether oxygens (including phenoxy) is 1. The first-order chi connectivity index (χ1) is 7.74. The summed E-state index contributed by atoms with van der Waals surface area (Å²) in [5.74, 6) is 0.774. The summed E-state index contributed by atoms with van der Waals surface area (Å²) in [7, 11) is 0. The third kappa shape index (κ3) is 4.82. The fraction of sp³-hybridized carbons (Fsp3) is 0.786. The second kappa shape index (κ2) is 7.48. The van der Waals surface area contributed by atoms with Crippen LogP contribution in [0.25, 0.3) is 0 Å². The highest BCUT2D eigenvalue weighted by atomic mass is 16.5. The number of nitrogens with zero attached hydrogens (tertiary/aromatic N) is 1. The van der Waals surface area contributed by atoms with Crippen molar-refractivity contribution >= 4 is 5.90 Å².